The van der Waals surface area contributed by atoms with Gasteiger partial charge in [0.15, 0.2) is 0 Å². The summed E-state index contributed by atoms with van der Waals surface area (Å²) in [6, 6.07) is 0. The van der Waals surface area contributed by atoms with Crippen molar-refractivity contribution >= 4 is 10.2 Å². The molecular weight excluding hydrogens is 290 g/mol. The summed E-state index contributed by atoms with van der Waals surface area (Å²) < 4.78 is 30.6. The van der Waals surface area contributed by atoms with Crippen LogP contribution in [-0.4, -0.2) is 55.5 Å². The van der Waals surface area contributed by atoms with Crippen molar-refractivity contribution in [3.05, 3.63) is 18.2 Å². The maximum atomic E-state index is 12.2. The first-order valence-corrected chi connectivity index (χ1v) is 8.82. The Bertz CT molecular complexity index is 535. The van der Waals surface area contributed by atoms with Crippen molar-refractivity contribution in [2.75, 3.05) is 33.2 Å². The monoisotopic (exact) mass is 315 g/mol. The van der Waals surface area contributed by atoms with Crippen LogP contribution >= 0.6 is 0 Å². The van der Waals surface area contributed by atoms with Crippen molar-refractivity contribution < 1.29 is 8.42 Å². The van der Waals surface area contributed by atoms with E-state index in [4.69, 9.17) is 0 Å². The van der Waals surface area contributed by atoms with Crippen molar-refractivity contribution in [2.45, 2.75) is 19.3 Å². The van der Waals surface area contributed by atoms with Crippen LogP contribution in [0, 0.1) is 5.92 Å². The molecule has 7 nitrogen and oxygen atoms in total. The van der Waals surface area contributed by atoms with E-state index in [2.05, 4.69) is 15.0 Å². The van der Waals surface area contributed by atoms with Gasteiger partial charge in [0, 0.05) is 45.5 Å². The highest BCUT2D eigenvalue weighted by atomic mass is 32.2. The van der Waals surface area contributed by atoms with E-state index in [1.54, 1.807) is 10.5 Å². The molecule has 1 saturated heterocycles. The maximum absolute atomic E-state index is 12.2. The zero-order chi connectivity index (χ0) is 15.3. The lowest BCUT2D eigenvalue weighted by molar-refractivity contribution is 0.268. The first-order valence-electron chi connectivity index (χ1n) is 7.38. The van der Waals surface area contributed by atoms with Crippen LogP contribution in [0.4, 0.5) is 0 Å². The molecule has 0 spiro atoms. The Labute approximate surface area is 126 Å². The Morgan fingerprint density at radius 2 is 2.10 bits per heavy atom. The Hall–Kier alpha value is -0.960. The summed E-state index contributed by atoms with van der Waals surface area (Å²) in [7, 11) is 0.477. The van der Waals surface area contributed by atoms with Gasteiger partial charge in [-0.15, -0.1) is 0 Å². The molecule has 120 valence electrons. The lowest BCUT2D eigenvalue weighted by atomic mass is 9.98. The number of hydrogen-bond acceptors (Lipinski definition) is 4. The zero-order valence-electron chi connectivity index (χ0n) is 12.7. The van der Waals surface area contributed by atoms with E-state index in [9.17, 15) is 8.42 Å². The number of aromatic nitrogens is 2. The molecule has 0 bridgehead atoms. The molecule has 0 saturated carbocycles. The van der Waals surface area contributed by atoms with Gasteiger partial charge in [-0.25, -0.2) is 9.71 Å². The molecule has 1 fully saturated rings. The van der Waals surface area contributed by atoms with E-state index in [0.717, 1.165) is 25.2 Å². The second-order valence-corrected chi connectivity index (χ2v) is 7.26. The number of piperidine rings is 1. The third-order valence-electron chi connectivity index (χ3n) is 3.96. The van der Waals surface area contributed by atoms with Crippen LogP contribution in [0.2, 0.25) is 0 Å². The quantitative estimate of drug-likeness (QED) is 0.726. The number of aryl methyl sites for hydroxylation is 1. The molecule has 0 aromatic carbocycles. The van der Waals surface area contributed by atoms with Gasteiger partial charge in [-0.3, -0.25) is 0 Å². The number of imidazole rings is 1. The molecule has 0 aliphatic carbocycles. The van der Waals surface area contributed by atoms with Crippen LogP contribution in [0.25, 0.3) is 0 Å². The lowest BCUT2D eigenvalue weighted by Crippen LogP contribution is -2.46. The minimum atomic E-state index is -3.36. The van der Waals surface area contributed by atoms with Gasteiger partial charge in [-0.05, 0) is 32.4 Å². The third kappa shape index (κ3) is 4.50. The Kier molecular flexibility index (Phi) is 5.74. The smallest absolute Gasteiger partial charge is 0.279 e. The van der Waals surface area contributed by atoms with E-state index in [-0.39, 0.29) is 0 Å². The van der Waals surface area contributed by atoms with Gasteiger partial charge in [0.1, 0.15) is 5.82 Å². The summed E-state index contributed by atoms with van der Waals surface area (Å²) >= 11 is 0. The average Bonchev–Trinajstić information content (AvgIpc) is 2.85. The molecular formula is C13H25N5O2S. The van der Waals surface area contributed by atoms with Gasteiger partial charge in [0.05, 0.1) is 0 Å². The van der Waals surface area contributed by atoms with Gasteiger partial charge < -0.3 is 9.88 Å². The van der Waals surface area contributed by atoms with Crippen LogP contribution in [0.15, 0.2) is 12.4 Å². The van der Waals surface area contributed by atoms with E-state index in [1.807, 2.05) is 24.9 Å². The molecule has 0 radical (unpaired) electrons. The van der Waals surface area contributed by atoms with Gasteiger partial charge in [-0.2, -0.15) is 12.7 Å². The fourth-order valence-corrected chi connectivity index (χ4v) is 3.90. The van der Waals surface area contributed by atoms with Crippen molar-refractivity contribution in [2.24, 2.45) is 13.0 Å². The largest absolute Gasteiger partial charge is 0.338 e. The van der Waals surface area contributed by atoms with Gasteiger partial charge in [0.25, 0.3) is 10.2 Å². The number of nitrogens with zero attached hydrogens (tertiary/aromatic N) is 3. The van der Waals surface area contributed by atoms with Crippen molar-refractivity contribution in [3.8, 4) is 0 Å². The summed E-state index contributed by atoms with van der Waals surface area (Å²) in [5, 5.41) is 3.15. The van der Waals surface area contributed by atoms with Gasteiger partial charge >= 0.3 is 0 Å². The van der Waals surface area contributed by atoms with E-state index < -0.39 is 10.2 Å². The van der Waals surface area contributed by atoms with Crippen molar-refractivity contribution in [1.82, 2.24) is 23.9 Å². The molecule has 2 heterocycles. The number of rotatable bonds is 7. The number of nitrogens with one attached hydrogen (secondary N) is 2. The lowest BCUT2D eigenvalue weighted by Gasteiger charge is -2.31. The third-order valence-corrected chi connectivity index (χ3v) is 5.57. The van der Waals surface area contributed by atoms with Crippen molar-refractivity contribution in [1.29, 1.82) is 0 Å². The summed E-state index contributed by atoms with van der Waals surface area (Å²) in [5.74, 6) is 1.46. The van der Waals surface area contributed by atoms with E-state index >= 15 is 0 Å². The molecule has 1 aliphatic heterocycles. The highest BCUT2D eigenvalue weighted by Gasteiger charge is 2.27. The molecule has 1 aliphatic rings. The molecule has 1 aromatic heterocycles. The standard InChI is InChI=1S/C13H25N5O2S/c1-14-11-12-4-8-18(9-5-12)21(19,20)16-6-3-13-15-7-10-17(13)2/h7,10,12,14,16H,3-6,8-9,11H2,1-2H3. The van der Waals surface area contributed by atoms with E-state index in [0.29, 0.717) is 32.0 Å². The van der Waals surface area contributed by atoms with Gasteiger partial charge in [0.2, 0.25) is 0 Å². The minimum absolute atomic E-state index is 0.379. The Morgan fingerprint density at radius 1 is 1.38 bits per heavy atom. The first-order chi connectivity index (χ1) is 10.0. The molecule has 0 unspecified atom stereocenters. The van der Waals surface area contributed by atoms with Crippen LogP contribution < -0.4 is 10.0 Å². The summed E-state index contributed by atoms with van der Waals surface area (Å²) in [6.45, 7) is 2.54. The minimum Gasteiger partial charge on any atom is -0.338 e. The Balaban J connectivity index is 1.78. The van der Waals surface area contributed by atoms with Gasteiger partial charge in [-0.1, -0.05) is 0 Å². The summed E-state index contributed by atoms with van der Waals surface area (Å²) in [4.78, 5) is 4.19. The molecule has 1 aromatic rings. The highest BCUT2D eigenvalue weighted by Crippen LogP contribution is 2.18. The SMILES string of the molecule is CNCC1CCN(S(=O)(=O)NCCc2nccn2C)CC1. The van der Waals surface area contributed by atoms with Crippen LogP contribution in [0.3, 0.4) is 0 Å². The van der Waals surface area contributed by atoms with Crippen LogP contribution in [-0.2, 0) is 23.7 Å². The fraction of sp³-hybridized carbons (Fsp3) is 0.769. The molecule has 2 rings (SSSR count). The first kappa shape index (κ1) is 16.4. The summed E-state index contributed by atoms with van der Waals surface area (Å²) in [6.07, 6.45) is 6.01. The predicted octanol–water partition coefficient (Wildman–Crippen LogP) is -0.272. The van der Waals surface area contributed by atoms with Crippen molar-refractivity contribution in [3.63, 3.8) is 0 Å². The average molecular weight is 315 g/mol. The van der Waals surface area contributed by atoms with Crippen LogP contribution in [0.1, 0.15) is 18.7 Å². The molecule has 0 amide bonds. The Morgan fingerprint density at radius 3 is 2.67 bits per heavy atom. The zero-order valence-corrected chi connectivity index (χ0v) is 13.6. The fourth-order valence-electron chi connectivity index (χ4n) is 2.66. The molecule has 0 atom stereocenters. The summed E-state index contributed by atoms with van der Waals surface area (Å²) in [5.41, 5.74) is 0. The van der Waals surface area contributed by atoms with Crippen LogP contribution in [0.5, 0.6) is 0 Å². The predicted molar refractivity (Wildman–Crippen MR) is 82.1 cm³/mol. The maximum Gasteiger partial charge on any atom is 0.279 e. The number of hydrogen-bond donors (Lipinski definition) is 2. The second kappa shape index (κ2) is 7.35. The van der Waals surface area contributed by atoms with E-state index in [1.165, 1.54) is 0 Å². The highest BCUT2D eigenvalue weighted by molar-refractivity contribution is 7.87. The normalized spacial score (nSPS) is 18.2. The molecule has 8 heteroatoms. The topological polar surface area (TPSA) is 79.3 Å². The molecule has 2 N–H and O–H groups in total. The second-order valence-electron chi connectivity index (χ2n) is 5.50. The molecule has 21 heavy (non-hydrogen) atoms.